The summed E-state index contributed by atoms with van der Waals surface area (Å²) in [6.07, 6.45) is -3.19. The maximum absolute atomic E-state index is 13.2. The number of amides is 2. The van der Waals surface area contributed by atoms with Gasteiger partial charge in [0.05, 0.1) is 6.10 Å². The number of aliphatic hydroxyl groups excluding tert-OH is 1. The number of rotatable bonds is 6. The largest absolute Gasteiger partial charge is 0.573 e. The van der Waals surface area contributed by atoms with Crippen molar-refractivity contribution in [2.45, 2.75) is 51.1 Å². The molecule has 2 aromatic carbocycles. The van der Waals surface area contributed by atoms with E-state index in [-0.39, 0.29) is 49.8 Å². The van der Waals surface area contributed by atoms with Crippen molar-refractivity contribution in [2.75, 3.05) is 26.2 Å². The van der Waals surface area contributed by atoms with E-state index >= 15 is 0 Å². The summed E-state index contributed by atoms with van der Waals surface area (Å²) in [7, 11) is -3.87. The Morgan fingerprint density at radius 2 is 1.81 bits per heavy atom. The number of halogens is 3. The van der Waals surface area contributed by atoms with E-state index in [1.807, 2.05) is 0 Å². The lowest BCUT2D eigenvalue weighted by molar-refractivity contribution is -0.274. The topological polar surface area (TPSA) is 129 Å². The number of aryl methyl sites for hydroxylation is 2. The molecule has 0 aliphatic carbocycles. The number of nitrogens with one attached hydrogen (secondary N) is 1. The lowest BCUT2D eigenvalue weighted by atomic mass is 9.89. The van der Waals surface area contributed by atoms with Gasteiger partial charge in [0.15, 0.2) is 0 Å². The lowest BCUT2D eigenvalue weighted by Gasteiger charge is -2.34. The lowest BCUT2D eigenvalue weighted by Crippen LogP contribution is -2.50. The van der Waals surface area contributed by atoms with E-state index in [9.17, 15) is 36.3 Å². The number of amidine groups is 1. The van der Waals surface area contributed by atoms with Crippen LogP contribution in [0.4, 0.5) is 13.2 Å². The molecule has 2 N–H and O–H groups in total. The average Bonchev–Trinajstić information content (AvgIpc) is 3.50. The number of β-amino-alcohol motifs (C(OH)–C–C–N with tert-alkyl or cyclic N) is 1. The number of benzene rings is 2. The van der Waals surface area contributed by atoms with E-state index in [0.717, 1.165) is 28.7 Å². The number of nitrogens with zero attached hydrogens (tertiary/aromatic N) is 3. The van der Waals surface area contributed by atoms with Gasteiger partial charge in [-0.05, 0) is 80.1 Å². The van der Waals surface area contributed by atoms with Crippen molar-refractivity contribution < 1.29 is 41.0 Å². The first-order valence-corrected chi connectivity index (χ1v) is 15.2. The number of aliphatic hydroxyl groups is 1. The third kappa shape index (κ3) is 6.60. The van der Waals surface area contributed by atoms with Crippen LogP contribution in [-0.4, -0.2) is 84.6 Å². The van der Waals surface area contributed by atoms with E-state index in [4.69, 9.17) is 0 Å². The summed E-state index contributed by atoms with van der Waals surface area (Å²) in [5.74, 6) is -0.977. The van der Waals surface area contributed by atoms with Crippen LogP contribution in [0.15, 0.2) is 46.8 Å². The van der Waals surface area contributed by atoms with Gasteiger partial charge in [-0.3, -0.25) is 14.6 Å². The molecule has 230 valence electrons. The van der Waals surface area contributed by atoms with Crippen LogP contribution in [0.1, 0.15) is 51.9 Å². The summed E-state index contributed by atoms with van der Waals surface area (Å²) >= 11 is 0. The van der Waals surface area contributed by atoms with Crippen molar-refractivity contribution in [3.63, 3.8) is 0 Å². The molecule has 1 unspecified atom stereocenters. The Balaban J connectivity index is 1.26. The van der Waals surface area contributed by atoms with Crippen molar-refractivity contribution in [3.8, 4) is 5.75 Å². The Morgan fingerprint density at radius 1 is 1.14 bits per heavy atom. The van der Waals surface area contributed by atoms with Crippen molar-refractivity contribution in [2.24, 2.45) is 4.99 Å². The van der Waals surface area contributed by atoms with Gasteiger partial charge in [0, 0.05) is 42.7 Å². The number of carbonyl (C=O) groups excluding carboxylic acids is 2. The van der Waals surface area contributed by atoms with Crippen LogP contribution >= 0.6 is 0 Å². The summed E-state index contributed by atoms with van der Waals surface area (Å²) < 4.78 is 69.5. The molecule has 2 fully saturated rings. The van der Waals surface area contributed by atoms with Crippen LogP contribution in [0.25, 0.3) is 6.08 Å². The molecule has 2 amide bonds. The number of carbonyl (C=O) groups is 2. The Bertz CT molecular complexity index is 1590. The molecule has 2 saturated heterocycles. The number of likely N-dealkylation sites (tertiary alicyclic amines) is 1. The molecule has 10 nitrogen and oxygen atoms in total. The molecule has 0 aromatic heterocycles. The Morgan fingerprint density at radius 3 is 2.42 bits per heavy atom. The zero-order chi connectivity index (χ0) is 31.2. The monoisotopic (exact) mass is 620 g/mol. The Kier molecular flexibility index (Phi) is 8.13. The fraction of sp³-hybridized carbons (Fsp3) is 0.414. The molecular weight excluding hydrogens is 589 g/mol. The molecule has 2 aromatic rings. The van der Waals surface area contributed by atoms with Gasteiger partial charge in [-0.2, -0.15) is 4.31 Å². The van der Waals surface area contributed by atoms with Gasteiger partial charge < -0.3 is 20.1 Å². The number of alkyl halides is 3. The summed E-state index contributed by atoms with van der Waals surface area (Å²) in [6, 6.07) is 8.52. The highest BCUT2D eigenvalue weighted by Crippen LogP contribution is 2.33. The molecule has 43 heavy (non-hydrogen) atoms. The van der Waals surface area contributed by atoms with Crippen LogP contribution in [0, 0.1) is 13.8 Å². The average molecular weight is 621 g/mol. The molecule has 14 heteroatoms. The molecule has 1 atom stereocenters. The number of hydrogen-bond donors (Lipinski definition) is 2. The van der Waals surface area contributed by atoms with Crippen LogP contribution < -0.4 is 10.1 Å². The highest BCUT2D eigenvalue weighted by atomic mass is 32.2. The normalized spacial score (nSPS) is 21.0. The maximum atomic E-state index is 13.2. The molecule has 0 saturated carbocycles. The summed E-state index contributed by atoms with van der Waals surface area (Å²) in [5.41, 5.74) is 1.59. The van der Waals surface area contributed by atoms with Crippen LogP contribution in [0.5, 0.6) is 5.75 Å². The van der Waals surface area contributed by atoms with Crippen LogP contribution in [-0.2, 0) is 14.8 Å². The van der Waals surface area contributed by atoms with Gasteiger partial charge in [-0.15, -0.1) is 13.2 Å². The fourth-order valence-electron chi connectivity index (χ4n) is 5.65. The zero-order valence-electron chi connectivity index (χ0n) is 23.5. The summed E-state index contributed by atoms with van der Waals surface area (Å²) in [5, 5.41) is 13.5. The molecule has 5 rings (SSSR count). The first-order valence-electron chi connectivity index (χ1n) is 13.7. The maximum Gasteiger partial charge on any atom is 0.573 e. The van der Waals surface area contributed by atoms with Crippen molar-refractivity contribution in [1.29, 1.82) is 0 Å². The number of hydrogen-bond acceptors (Lipinski definition) is 7. The first kappa shape index (κ1) is 30.7. The highest BCUT2D eigenvalue weighted by Gasteiger charge is 2.47. The minimum Gasteiger partial charge on any atom is -0.406 e. The van der Waals surface area contributed by atoms with Crippen molar-refractivity contribution in [1.82, 2.24) is 14.5 Å². The second-order valence-electron chi connectivity index (χ2n) is 11.0. The highest BCUT2D eigenvalue weighted by molar-refractivity contribution is 7.92. The van der Waals surface area contributed by atoms with Gasteiger partial charge in [0.25, 0.3) is 11.8 Å². The predicted octanol–water partition coefficient (Wildman–Crippen LogP) is 3.12. The van der Waals surface area contributed by atoms with Gasteiger partial charge in [-0.25, -0.2) is 8.42 Å². The number of piperidine rings is 1. The Labute approximate surface area is 246 Å². The molecule has 1 spiro atoms. The number of ether oxygens (including phenoxy) is 1. The standard InChI is InChI=1S/C29H31F3N4O6S/c1-18-14-21(26(38)35-10-6-22(37)17-35)15-19(2)24(18)7-13-43(40,41)36-11-8-28(9-12-36)27(39)33-25(34-28)20-4-3-5-23(16-20)42-29(30,31)32/h3-5,7,13-16,22,37H,6,8-12,17H2,1-2H3,(H,33,34,39). The number of aliphatic imine (C=N–C) groups is 1. The quantitative estimate of drug-likeness (QED) is 0.511. The molecule has 0 bridgehead atoms. The van der Waals surface area contributed by atoms with Gasteiger partial charge in [0.1, 0.15) is 17.1 Å². The SMILES string of the molecule is Cc1cc(C(=O)N2CCC(O)C2)cc(C)c1C=CS(=O)(=O)N1CCC2(CC1)N=C(c1cccc(OC(F)(F)F)c1)NC2=O. The van der Waals surface area contributed by atoms with E-state index in [1.165, 1.54) is 22.5 Å². The van der Waals surface area contributed by atoms with Crippen molar-refractivity contribution in [3.05, 3.63) is 69.6 Å². The third-order valence-corrected chi connectivity index (χ3v) is 9.49. The smallest absolute Gasteiger partial charge is 0.406 e. The van der Waals surface area contributed by atoms with E-state index in [0.29, 0.717) is 24.1 Å². The van der Waals surface area contributed by atoms with Gasteiger partial charge in [0.2, 0.25) is 10.0 Å². The molecule has 3 aliphatic heterocycles. The second-order valence-corrected chi connectivity index (χ2v) is 12.8. The van der Waals surface area contributed by atoms with Crippen LogP contribution in [0.2, 0.25) is 0 Å². The summed E-state index contributed by atoms with van der Waals surface area (Å²) in [6.45, 7) is 4.37. The van der Waals surface area contributed by atoms with Gasteiger partial charge in [-0.1, -0.05) is 12.1 Å². The Hall–Kier alpha value is -3.75. The third-order valence-electron chi connectivity index (χ3n) is 7.93. The predicted molar refractivity (Wildman–Crippen MR) is 152 cm³/mol. The van der Waals surface area contributed by atoms with E-state index < -0.39 is 39.7 Å². The minimum atomic E-state index is -4.87. The first-order chi connectivity index (χ1) is 20.2. The molecular formula is C29H31F3N4O6S. The molecule has 3 aliphatic rings. The van der Waals surface area contributed by atoms with Crippen molar-refractivity contribution >= 4 is 33.7 Å². The van der Waals surface area contributed by atoms with E-state index in [2.05, 4.69) is 15.0 Å². The second kappa shape index (κ2) is 11.4. The van der Waals surface area contributed by atoms with Gasteiger partial charge >= 0.3 is 6.36 Å². The fourth-order valence-corrected chi connectivity index (χ4v) is 6.83. The molecule has 3 heterocycles. The zero-order valence-corrected chi connectivity index (χ0v) is 24.3. The van der Waals surface area contributed by atoms with E-state index in [1.54, 1.807) is 30.9 Å². The van der Waals surface area contributed by atoms with Crippen LogP contribution in [0.3, 0.4) is 0 Å². The molecule has 0 radical (unpaired) electrons. The minimum absolute atomic E-state index is 0.0151. The summed E-state index contributed by atoms with van der Waals surface area (Å²) in [4.78, 5) is 31.8. The number of sulfonamides is 1.